The Hall–Kier alpha value is -3.49. The summed E-state index contributed by atoms with van der Waals surface area (Å²) in [6.07, 6.45) is 0. The number of rotatable bonds is 3. The van der Waals surface area contributed by atoms with Crippen LogP contribution in [0.4, 0.5) is 11.4 Å². The Labute approximate surface area is 160 Å². The van der Waals surface area contributed by atoms with Crippen molar-refractivity contribution in [3.8, 4) is 11.5 Å². The molecule has 7 nitrogen and oxygen atoms in total. The molecule has 0 fully saturated rings. The summed E-state index contributed by atoms with van der Waals surface area (Å²) < 4.78 is 34.5. The Kier molecular flexibility index (Phi) is 4.21. The fourth-order valence-corrected chi connectivity index (χ4v) is 3.76. The van der Waals surface area contributed by atoms with E-state index in [9.17, 15) is 23.2 Å². The van der Waals surface area contributed by atoms with Crippen molar-refractivity contribution in [3.05, 3.63) is 66.7 Å². The summed E-state index contributed by atoms with van der Waals surface area (Å²) in [5, 5.41) is 30.5. The summed E-state index contributed by atoms with van der Waals surface area (Å²) in [6.45, 7) is 0. The average molecular weight is 393 g/mol. The molecule has 140 valence electrons. The third kappa shape index (κ3) is 3.04. The zero-order valence-corrected chi connectivity index (χ0v) is 15.1. The van der Waals surface area contributed by atoms with E-state index in [2.05, 4.69) is 10.2 Å². The molecule has 0 amide bonds. The predicted octanol–water partition coefficient (Wildman–Crippen LogP) is 4.72. The second-order valence-corrected chi connectivity index (χ2v) is 7.44. The molecule has 0 saturated heterocycles. The van der Waals surface area contributed by atoms with Crippen LogP contribution in [0.25, 0.3) is 21.5 Å². The summed E-state index contributed by atoms with van der Waals surface area (Å²) >= 11 is 0. The molecule has 0 aliphatic rings. The van der Waals surface area contributed by atoms with Crippen LogP contribution in [0.2, 0.25) is 0 Å². The minimum atomic E-state index is -4.79. The lowest BCUT2D eigenvalue weighted by molar-refractivity contribution is 0.458. The summed E-state index contributed by atoms with van der Waals surface area (Å²) in [5.41, 5.74) is 0.179. The lowest BCUT2D eigenvalue weighted by Gasteiger charge is -2.13. The van der Waals surface area contributed by atoms with E-state index in [4.69, 9.17) is 0 Å². The van der Waals surface area contributed by atoms with Gasteiger partial charge in [0.2, 0.25) is 0 Å². The summed E-state index contributed by atoms with van der Waals surface area (Å²) in [4.78, 5) is -0.534. The third-order valence-corrected chi connectivity index (χ3v) is 5.24. The minimum absolute atomic E-state index is 0.00411. The lowest BCUT2D eigenvalue weighted by atomic mass is 10.1. The number of aromatic hydroxyl groups is 2. The van der Waals surface area contributed by atoms with Crippen LogP contribution in [0.3, 0.4) is 0 Å². The average Bonchev–Trinajstić information content (AvgIpc) is 2.67. The molecule has 2 N–H and O–H groups in total. The van der Waals surface area contributed by atoms with Crippen LogP contribution in [-0.4, -0.2) is 23.2 Å². The maximum Gasteiger partial charge on any atom is 0.150 e. The summed E-state index contributed by atoms with van der Waals surface area (Å²) in [5.74, 6) is -0.568. The number of fused-ring (bicyclic) bond motifs is 2. The molecule has 0 spiro atoms. The molecular formula is C20H13N2O5S-. The van der Waals surface area contributed by atoms with Crippen LogP contribution in [0.1, 0.15) is 0 Å². The zero-order valence-electron chi connectivity index (χ0n) is 14.3. The van der Waals surface area contributed by atoms with Gasteiger partial charge in [-0.1, -0.05) is 54.6 Å². The highest BCUT2D eigenvalue weighted by Gasteiger charge is 2.15. The van der Waals surface area contributed by atoms with Crippen LogP contribution in [-0.2, 0) is 10.1 Å². The molecular weight excluding hydrogens is 380 g/mol. The molecule has 28 heavy (non-hydrogen) atoms. The Balaban J connectivity index is 1.90. The topological polar surface area (TPSA) is 122 Å². The van der Waals surface area contributed by atoms with Crippen molar-refractivity contribution in [1.29, 1.82) is 0 Å². The van der Waals surface area contributed by atoms with Gasteiger partial charge in [-0.05, 0) is 11.5 Å². The van der Waals surface area contributed by atoms with Crippen LogP contribution in [0.15, 0.2) is 81.9 Å². The number of benzene rings is 4. The zero-order chi connectivity index (χ0) is 19.9. The van der Waals surface area contributed by atoms with Crippen LogP contribution in [0.5, 0.6) is 11.5 Å². The molecule has 0 radical (unpaired) electrons. The lowest BCUT2D eigenvalue weighted by Crippen LogP contribution is -1.99. The number of hydrogen-bond donors (Lipinski definition) is 2. The van der Waals surface area contributed by atoms with Crippen LogP contribution < -0.4 is 0 Å². The number of phenols is 2. The first-order valence-electron chi connectivity index (χ1n) is 8.19. The third-order valence-electron chi connectivity index (χ3n) is 4.36. The second kappa shape index (κ2) is 6.59. The van der Waals surface area contributed by atoms with Crippen molar-refractivity contribution in [2.75, 3.05) is 0 Å². The normalized spacial score (nSPS) is 12.2. The number of phenolic OH excluding ortho intramolecular Hbond substituents is 2. The van der Waals surface area contributed by atoms with Gasteiger partial charge in [0.1, 0.15) is 27.2 Å². The van der Waals surface area contributed by atoms with Crippen molar-refractivity contribution in [2.24, 2.45) is 10.2 Å². The second-order valence-electron chi connectivity index (χ2n) is 6.10. The van der Waals surface area contributed by atoms with Gasteiger partial charge in [0.15, 0.2) is 5.75 Å². The van der Waals surface area contributed by atoms with E-state index in [-0.39, 0.29) is 27.9 Å². The van der Waals surface area contributed by atoms with Gasteiger partial charge in [-0.2, -0.15) is 0 Å². The molecule has 0 bridgehead atoms. The van der Waals surface area contributed by atoms with Crippen molar-refractivity contribution in [2.45, 2.75) is 4.90 Å². The summed E-state index contributed by atoms with van der Waals surface area (Å²) in [7, 11) is -4.79. The van der Waals surface area contributed by atoms with Gasteiger partial charge in [0, 0.05) is 22.2 Å². The Bertz CT molecular complexity index is 1360. The highest BCUT2D eigenvalue weighted by Crippen LogP contribution is 2.41. The SMILES string of the molecule is O=S(=O)([O-])c1cc(O)c(N=Nc2ccc3ccccc3c2O)c2ccccc12. The van der Waals surface area contributed by atoms with E-state index >= 15 is 0 Å². The monoisotopic (exact) mass is 393 g/mol. The van der Waals surface area contributed by atoms with Gasteiger partial charge in [0.25, 0.3) is 0 Å². The molecule has 8 heteroatoms. The van der Waals surface area contributed by atoms with Gasteiger partial charge in [0.05, 0.1) is 4.90 Å². The Morgan fingerprint density at radius 2 is 1.43 bits per heavy atom. The minimum Gasteiger partial charge on any atom is -0.744 e. The van der Waals surface area contributed by atoms with Crippen molar-refractivity contribution >= 4 is 43.0 Å². The molecule has 0 heterocycles. The van der Waals surface area contributed by atoms with E-state index in [1.54, 1.807) is 36.4 Å². The van der Waals surface area contributed by atoms with E-state index in [0.29, 0.717) is 5.39 Å². The van der Waals surface area contributed by atoms with E-state index in [1.165, 1.54) is 12.1 Å². The van der Waals surface area contributed by atoms with Gasteiger partial charge in [-0.3, -0.25) is 0 Å². The van der Waals surface area contributed by atoms with Crippen molar-refractivity contribution in [3.63, 3.8) is 0 Å². The standard InChI is InChI=1S/C20H14N2O5S/c23-17-11-18(28(25,26)27)14-7-3-4-8-15(14)19(17)22-21-16-10-9-12-5-1-2-6-13(12)20(16)24/h1-11,23-24H,(H,25,26,27)/p-1. The number of nitrogens with zero attached hydrogens (tertiary/aromatic N) is 2. The van der Waals surface area contributed by atoms with E-state index in [1.807, 2.05) is 12.1 Å². The van der Waals surface area contributed by atoms with Crippen LogP contribution in [0, 0.1) is 0 Å². The number of hydrogen-bond acceptors (Lipinski definition) is 7. The van der Waals surface area contributed by atoms with E-state index in [0.717, 1.165) is 11.5 Å². The van der Waals surface area contributed by atoms with Gasteiger partial charge in [-0.15, -0.1) is 10.2 Å². The first-order chi connectivity index (χ1) is 13.4. The maximum atomic E-state index is 11.5. The molecule has 0 aliphatic carbocycles. The van der Waals surface area contributed by atoms with Crippen molar-refractivity contribution < 1.29 is 23.2 Å². The largest absolute Gasteiger partial charge is 0.744 e. The molecule has 0 aromatic heterocycles. The molecule has 4 aromatic carbocycles. The van der Waals surface area contributed by atoms with Crippen molar-refractivity contribution in [1.82, 2.24) is 0 Å². The molecule has 0 atom stereocenters. The maximum absolute atomic E-state index is 11.5. The van der Waals surface area contributed by atoms with Crippen LogP contribution >= 0.6 is 0 Å². The van der Waals surface area contributed by atoms with Gasteiger partial charge >= 0.3 is 0 Å². The van der Waals surface area contributed by atoms with Gasteiger partial charge in [-0.25, -0.2) is 8.42 Å². The number of azo groups is 1. The fraction of sp³-hybridized carbons (Fsp3) is 0. The molecule has 4 aromatic rings. The van der Waals surface area contributed by atoms with E-state index < -0.39 is 20.8 Å². The molecule has 0 unspecified atom stereocenters. The van der Waals surface area contributed by atoms with Gasteiger partial charge < -0.3 is 14.8 Å². The Morgan fingerprint density at radius 1 is 0.786 bits per heavy atom. The first kappa shape index (κ1) is 17.9. The molecule has 0 aliphatic heterocycles. The Morgan fingerprint density at radius 3 is 2.14 bits per heavy atom. The highest BCUT2D eigenvalue weighted by atomic mass is 32.2. The smallest absolute Gasteiger partial charge is 0.150 e. The summed E-state index contributed by atoms with van der Waals surface area (Å²) in [6, 6.07) is 17.6. The first-order valence-corrected chi connectivity index (χ1v) is 9.60. The quantitative estimate of drug-likeness (QED) is 0.385. The predicted molar refractivity (Wildman–Crippen MR) is 103 cm³/mol. The molecule has 4 rings (SSSR count). The molecule has 0 saturated carbocycles. The highest BCUT2D eigenvalue weighted by molar-refractivity contribution is 7.86. The fourth-order valence-electron chi connectivity index (χ4n) is 3.05.